The zero-order chi connectivity index (χ0) is 10.5. The molecule has 1 aliphatic rings. The first-order chi connectivity index (χ1) is 7.42. The van der Waals surface area contributed by atoms with Crippen molar-refractivity contribution >= 4 is 5.69 Å². The van der Waals surface area contributed by atoms with Crippen molar-refractivity contribution in [3.8, 4) is 0 Å². The summed E-state index contributed by atoms with van der Waals surface area (Å²) < 4.78 is 0. The topological polar surface area (TPSA) is 12.0 Å². The van der Waals surface area contributed by atoms with Gasteiger partial charge in [-0.25, -0.2) is 0 Å². The van der Waals surface area contributed by atoms with Gasteiger partial charge in [0.1, 0.15) is 0 Å². The molecular weight excluding hydrogens is 182 g/mol. The lowest BCUT2D eigenvalue weighted by molar-refractivity contribution is 0.949. The molecule has 1 nitrogen and oxygen atoms in total. The molecule has 0 spiro atoms. The molecule has 0 radical (unpaired) electrons. The summed E-state index contributed by atoms with van der Waals surface area (Å²) in [7, 11) is 0. The maximum Gasteiger partial charge on any atom is 0.0379 e. The molecule has 0 saturated carbocycles. The van der Waals surface area contributed by atoms with Gasteiger partial charge in [0.25, 0.3) is 0 Å². The number of anilines is 1. The first kappa shape index (κ1) is 10.0. The number of nitrogens with one attached hydrogen (secondary N) is 1. The smallest absolute Gasteiger partial charge is 0.0379 e. The van der Waals surface area contributed by atoms with Gasteiger partial charge in [-0.2, -0.15) is 0 Å². The molecule has 0 amide bonds. The Labute approximate surface area is 91.5 Å². The molecule has 1 N–H and O–H groups in total. The first-order valence-electron chi connectivity index (χ1n) is 5.58. The van der Waals surface area contributed by atoms with Gasteiger partial charge in [-0.05, 0) is 18.1 Å². The molecule has 1 aromatic carbocycles. The predicted octanol–water partition coefficient (Wildman–Crippen LogP) is 3.72. The Bertz CT molecular complexity index is 377. The molecule has 1 heterocycles. The van der Waals surface area contributed by atoms with Crippen LogP contribution in [0.1, 0.15) is 24.8 Å². The standard InChI is InChI=1S/C14H17N/c1-2-3-4-5-8-12-11-15-14-10-7-6-9-13(12)14/h3-10,12,15H,2,11H2,1H3/b4-3-,8-5-. The van der Waals surface area contributed by atoms with Gasteiger partial charge >= 0.3 is 0 Å². The molecule has 0 aromatic heterocycles. The Morgan fingerprint density at radius 1 is 1.33 bits per heavy atom. The van der Waals surface area contributed by atoms with Crippen LogP contribution in [-0.4, -0.2) is 6.54 Å². The third kappa shape index (κ3) is 2.30. The molecule has 0 saturated heterocycles. The molecule has 1 unspecified atom stereocenters. The van der Waals surface area contributed by atoms with Crippen LogP contribution < -0.4 is 5.32 Å². The summed E-state index contributed by atoms with van der Waals surface area (Å²) in [6.07, 6.45) is 9.82. The lowest BCUT2D eigenvalue weighted by Gasteiger charge is -2.02. The number of para-hydroxylation sites is 1. The summed E-state index contributed by atoms with van der Waals surface area (Å²) in [6, 6.07) is 8.53. The Hall–Kier alpha value is -1.50. The molecule has 0 aliphatic carbocycles. The summed E-state index contributed by atoms with van der Waals surface area (Å²) in [4.78, 5) is 0. The van der Waals surface area contributed by atoms with Crippen molar-refractivity contribution in [2.75, 3.05) is 11.9 Å². The van der Waals surface area contributed by atoms with Crippen LogP contribution in [0.5, 0.6) is 0 Å². The fourth-order valence-corrected chi connectivity index (χ4v) is 1.90. The Morgan fingerprint density at radius 2 is 2.20 bits per heavy atom. The van der Waals surface area contributed by atoms with Gasteiger partial charge in [-0.3, -0.25) is 0 Å². The quantitative estimate of drug-likeness (QED) is 0.732. The average molecular weight is 199 g/mol. The van der Waals surface area contributed by atoms with Crippen LogP contribution in [0.4, 0.5) is 5.69 Å². The van der Waals surface area contributed by atoms with Gasteiger partial charge in [0.05, 0.1) is 0 Å². The van der Waals surface area contributed by atoms with Crippen molar-refractivity contribution in [1.29, 1.82) is 0 Å². The van der Waals surface area contributed by atoms with Crippen LogP contribution >= 0.6 is 0 Å². The normalized spacial score (nSPS) is 19.7. The van der Waals surface area contributed by atoms with Crippen LogP contribution in [-0.2, 0) is 0 Å². The van der Waals surface area contributed by atoms with Crippen LogP contribution in [0.2, 0.25) is 0 Å². The third-order valence-corrected chi connectivity index (χ3v) is 2.70. The van der Waals surface area contributed by atoms with E-state index in [1.165, 1.54) is 11.3 Å². The van der Waals surface area contributed by atoms with E-state index < -0.39 is 0 Å². The second-order valence-corrected chi connectivity index (χ2v) is 3.80. The summed E-state index contributed by atoms with van der Waals surface area (Å²) in [5.41, 5.74) is 2.70. The van der Waals surface area contributed by atoms with Gasteiger partial charge in [-0.1, -0.05) is 49.4 Å². The maximum absolute atomic E-state index is 3.42. The van der Waals surface area contributed by atoms with Crippen molar-refractivity contribution in [1.82, 2.24) is 0 Å². The number of benzene rings is 1. The Kier molecular flexibility index (Phi) is 3.23. The van der Waals surface area contributed by atoms with Crippen molar-refractivity contribution in [3.63, 3.8) is 0 Å². The maximum atomic E-state index is 3.42. The molecule has 1 heteroatoms. The van der Waals surface area contributed by atoms with Crippen LogP contribution in [0, 0.1) is 0 Å². The van der Waals surface area contributed by atoms with E-state index >= 15 is 0 Å². The molecule has 1 aliphatic heterocycles. The van der Waals surface area contributed by atoms with E-state index in [4.69, 9.17) is 0 Å². The highest BCUT2D eigenvalue weighted by Crippen LogP contribution is 2.31. The van der Waals surface area contributed by atoms with E-state index in [0.717, 1.165) is 13.0 Å². The van der Waals surface area contributed by atoms with Crippen molar-refractivity contribution in [2.24, 2.45) is 0 Å². The summed E-state index contributed by atoms with van der Waals surface area (Å²) in [5, 5.41) is 3.42. The number of rotatable bonds is 3. The van der Waals surface area contributed by atoms with E-state index in [2.05, 4.69) is 60.8 Å². The van der Waals surface area contributed by atoms with Crippen LogP contribution in [0.25, 0.3) is 0 Å². The zero-order valence-corrected chi connectivity index (χ0v) is 9.11. The summed E-state index contributed by atoms with van der Waals surface area (Å²) in [6.45, 7) is 3.17. The zero-order valence-electron chi connectivity index (χ0n) is 9.11. The van der Waals surface area contributed by atoms with Gasteiger partial charge in [0, 0.05) is 18.2 Å². The summed E-state index contributed by atoms with van der Waals surface area (Å²) in [5.74, 6) is 0.530. The summed E-state index contributed by atoms with van der Waals surface area (Å²) >= 11 is 0. The van der Waals surface area contributed by atoms with E-state index in [0.29, 0.717) is 5.92 Å². The van der Waals surface area contributed by atoms with Crippen molar-refractivity contribution in [2.45, 2.75) is 19.3 Å². The van der Waals surface area contributed by atoms with Gasteiger partial charge < -0.3 is 5.32 Å². The first-order valence-corrected chi connectivity index (χ1v) is 5.58. The fraction of sp³-hybridized carbons (Fsp3) is 0.286. The molecule has 0 fully saturated rings. The highest BCUT2D eigenvalue weighted by molar-refractivity contribution is 5.58. The van der Waals surface area contributed by atoms with Gasteiger partial charge in [0.2, 0.25) is 0 Å². The molecule has 15 heavy (non-hydrogen) atoms. The lowest BCUT2D eigenvalue weighted by Crippen LogP contribution is -1.97. The number of hydrogen-bond acceptors (Lipinski definition) is 1. The van der Waals surface area contributed by atoms with E-state index in [1.807, 2.05) is 0 Å². The minimum absolute atomic E-state index is 0.530. The van der Waals surface area contributed by atoms with E-state index in [1.54, 1.807) is 0 Å². The number of hydrogen-bond donors (Lipinski definition) is 1. The fourth-order valence-electron chi connectivity index (χ4n) is 1.90. The van der Waals surface area contributed by atoms with Crippen LogP contribution in [0.3, 0.4) is 0 Å². The molecule has 2 rings (SSSR count). The predicted molar refractivity (Wildman–Crippen MR) is 66.2 cm³/mol. The average Bonchev–Trinajstić information content (AvgIpc) is 2.68. The SMILES string of the molecule is CC/C=C\C=C/C1CNc2ccccc21. The van der Waals surface area contributed by atoms with E-state index in [9.17, 15) is 0 Å². The number of allylic oxidation sites excluding steroid dienone is 3. The minimum atomic E-state index is 0.530. The number of fused-ring (bicyclic) bond motifs is 1. The van der Waals surface area contributed by atoms with Gasteiger partial charge in [0.15, 0.2) is 0 Å². The Morgan fingerprint density at radius 3 is 3.07 bits per heavy atom. The lowest BCUT2D eigenvalue weighted by atomic mass is 10.0. The second kappa shape index (κ2) is 4.83. The second-order valence-electron chi connectivity index (χ2n) is 3.80. The largest absolute Gasteiger partial charge is 0.384 e. The monoisotopic (exact) mass is 199 g/mol. The third-order valence-electron chi connectivity index (χ3n) is 2.70. The van der Waals surface area contributed by atoms with Crippen molar-refractivity contribution < 1.29 is 0 Å². The Balaban J connectivity index is 2.08. The molecule has 78 valence electrons. The highest BCUT2D eigenvalue weighted by Gasteiger charge is 2.17. The highest BCUT2D eigenvalue weighted by atomic mass is 14.9. The van der Waals surface area contributed by atoms with E-state index in [-0.39, 0.29) is 0 Å². The molecule has 0 bridgehead atoms. The molecule has 1 aromatic rings. The van der Waals surface area contributed by atoms with Crippen LogP contribution in [0.15, 0.2) is 48.6 Å². The molecule has 1 atom stereocenters. The minimum Gasteiger partial charge on any atom is -0.384 e. The molecular formula is C14H17N. The van der Waals surface area contributed by atoms with Crippen molar-refractivity contribution in [3.05, 3.63) is 54.1 Å². The van der Waals surface area contributed by atoms with Gasteiger partial charge in [-0.15, -0.1) is 0 Å².